The molecule has 0 bridgehead atoms. The van der Waals surface area contributed by atoms with Gasteiger partial charge in [-0.3, -0.25) is 0 Å². The van der Waals surface area contributed by atoms with E-state index in [1.165, 1.54) is 6.33 Å². The zero-order valence-electron chi connectivity index (χ0n) is 10.8. The molecule has 2 aromatic heterocycles. The van der Waals surface area contributed by atoms with Crippen LogP contribution in [0.15, 0.2) is 6.33 Å². The Labute approximate surface area is 106 Å². The van der Waals surface area contributed by atoms with E-state index in [1.54, 1.807) is 4.68 Å². The van der Waals surface area contributed by atoms with Crippen LogP contribution in [0.1, 0.15) is 20.3 Å². The van der Waals surface area contributed by atoms with Crippen LogP contribution in [0.3, 0.4) is 0 Å². The summed E-state index contributed by atoms with van der Waals surface area (Å²) in [5.74, 6) is 0.733. The molecule has 18 heavy (non-hydrogen) atoms. The van der Waals surface area contributed by atoms with E-state index >= 15 is 0 Å². The highest BCUT2D eigenvalue weighted by Crippen LogP contribution is 2.15. The van der Waals surface area contributed by atoms with Crippen LogP contribution in [0.25, 0.3) is 11.2 Å². The zero-order chi connectivity index (χ0) is 12.8. The van der Waals surface area contributed by atoms with Crippen LogP contribution >= 0.6 is 0 Å². The number of hydrogen-bond donors (Lipinski definition) is 1. The van der Waals surface area contributed by atoms with Gasteiger partial charge in [0.1, 0.15) is 6.33 Å². The number of fused-ring (bicyclic) bond motifs is 1. The second kappa shape index (κ2) is 6.25. The third kappa shape index (κ3) is 2.73. The minimum absolute atomic E-state index is 0.718. The summed E-state index contributed by atoms with van der Waals surface area (Å²) < 4.78 is 7.03. The monoisotopic (exact) mass is 250 g/mol. The Kier molecular flexibility index (Phi) is 4.40. The molecule has 0 aliphatic carbocycles. The van der Waals surface area contributed by atoms with Gasteiger partial charge in [0.25, 0.3) is 0 Å². The molecule has 0 aromatic carbocycles. The maximum absolute atomic E-state index is 5.28. The number of nitrogens with zero attached hydrogens (tertiary/aromatic N) is 5. The smallest absolute Gasteiger partial charge is 0.183 e. The zero-order valence-corrected chi connectivity index (χ0v) is 10.8. The number of hydrogen-bond acceptors (Lipinski definition) is 6. The van der Waals surface area contributed by atoms with Crippen molar-refractivity contribution in [2.24, 2.45) is 0 Å². The van der Waals surface area contributed by atoms with E-state index < -0.39 is 0 Å². The van der Waals surface area contributed by atoms with Crippen LogP contribution < -0.4 is 5.32 Å². The highest BCUT2D eigenvalue weighted by Gasteiger charge is 2.09. The summed E-state index contributed by atoms with van der Waals surface area (Å²) in [5.41, 5.74) is 1.48. The van der Waals surface area contributed by atoms with E-state index in [1.807, 2.05) is 13.8 Å². The molecule has 0 atom stereocenters. The first-order valence-electron chi connectivity index (χ1n) is 6.22. The third-order valence-electron chi connectivity index (χ3n) is 2.56. The topological polar surface area (TPSA) is 77.8 Å². The van der Waals surface area contributed by atoms with Crippen LogP contribution in [0.5, 0.6) is 0 Å². The molecule has 2 heterocycles. The van der Waals surface area contributed by atoms with Crippen molar-refractivity contribution in [2.45, 2.75) is 26.8 Å². The molecular weight excluding hydrogens is 232 g/mol. The molecule has 0 fully saturated rings. The third-order valence-corrected chi connectivity index (χ3v) is 2.56. The Morgan fingerprint density at radius 1 is 1.33 bits per heavy atom. The predicted molar refractivity (Wildman–Crippen MR) is 68.4 cm³/mol. The lowest BCUT2D eigenvalue weighted by Crippen LogP contribution is -2.07. The van der Waals surface area contributed by atoms with Crippen LogP contribution in [0, 0.1) is 0 Å². The lowest BCUT2D eigenvalue weighted by molar-refractivity contribution is 0.147. The lowest BCUT2D eigenvalue weighted by atomic mass is 10.4. The lowest BCUT2D eigenvalue weighted by Gasteiger charge is -2.05. The summed E-state index contributed by atoms with van der Waals surface area (Å²) in [4.78, 5) is 8.39. The number of anilines is 1. The molecule has 0 spiro atoms. The van der Waals surface area contributed by atoms with Crippen LogP contribution in [-0.2, 0) is 11.3 Å². The second-order valence-electron chi connectivity index (χ2n) is 3.78. The quantitative estimate of drug-likeness (QED) is 0.741. The molecule has 2 aromatic rings. The average Bonchev–Trinajstić information content (AvgIpc) is 2.82. The van der Waals surface area contributed by atoms with Gasteiger partial charge >= 0.3 is 0 Å². The van der Waals surface area contributed by atoms with Crippen molar-refractivity contribution in [1.29, 1.82) is 0 Å². The maximum Gasteiger partial charge on any atom is 0.183 e. The first-order valence-corrected chi connectivity index (χ1v) is 6.22. The van der Waals surface area contributed by atoms with Crippen molar-refractivity contribution >= 4 is 17.0 Å². The van der Waals surface area contributed by atoms with Crippen molar-refractivity contribution < 1.29 is 4.74 Å². The van der Waals surface area contributed by atoms with E-state index in [0.29, 0.717) is 0 Å². The van der Waals surface area contributed by atoms with E-state index in [2.05, 4.69) is 25.6 Å². The van der Waals surface area contributed by atoms with Crippen LogP contribution in [0.4, 0.5) is 5.82 Å². The molecule has 7 heteroatoms. The first kappa shape index (κ1) is 12.7. The van der Waals surface area contributed by atoms with Gasteiger partial charge in [-0.1, -0.05) is 5.21 Å². The molecule has 7 nitrogen and oxygen atoms in total. The molecule has 0 radical (unpaired) electrons. The fourth-order valence-corrected chi connectivity index (χ4v) is 1.66. The first-order chi connectivity index (χ1) is 8.86. The maximum atomic E-state index is 5.28. The Morgan fingerprint density at radius 2 is 2.22 bits per heavy atom. The van der Waals surface area contributed by atoms with E-state index in [0.717, 1.165) is 49.7 Å². The van der Waals surface area contributed by atoms with Crippen LogP contribution in [-0.4, -0.2) is 44.7 Å². The van der Waals surface area contributed by atoms with Crippen molar-refractivity contribution in [3.63, 3.8) is 0 Å². The Morgan fingerprint density at radius 3 is 3.00 bits per heavy atom. The SMILES string of the molecule is CCOCCCNc1ncnc2c1nnn2CC. The Hall–Kier alpha value is -1.76. The van der Waals surface area contributed by atoms with Gasteiger partial charge in [-0.2, -0.15) is 0 Å². The summed E-state index contributed by atoms with van der Waals surface area (Å²) in [5, 5.41) is 11.4. The van der Waals surface area contributed by atoms with Gasteiger partial charge in [0.15, 0.2) is 17.0 Å². The summed E-state index contributed by atoms with van der Waals surface area (Å²) >= 11 is 0. The summed E-state index contributed by atoms with van der Waals surface area (Å²) in [6, 6.07) is 0. The number of aromatic nitrogens is 5. The van der Waals surface area contributed by atoms with Gasteiger partial charge in [-0.05, 0) is 20.3 Å². The summed E-state index contributed by atoms with van der Waals surface area (Å²) in [6.07, 6.45) is 2.46. The highest BCUT2D eigenvalue weighted by molar-refractivity contribution is 5.81. The molecule has 0 unspecified atom stereocenters. The van der Waals surface area contributed by atoms with E-state index in [-0.39, 0.29) is 0 Å². The van der Waals surface area contributed by atoms with Gasteiger partial charge < -0.3 is 10.1 Å². The number of nitrogens with one attached hydrogen (secondary N) is 1. The molecule has 1 N–H and O–H groups in total. The molecule has 98 valence electrons. The van der Waals surface area contributed by atoms with Gasteiger partial charge in [-0.25, -0.2) is 14.6 Å². The van der Waals surface area contributed by atoms with Gasteiger partial charge in [0.05, 0.1) is 0 Å². The Bertz CT molecular complexity index is 497. The molecule has 0 aliphatic rings. The fourth-order valence-electron chi connectivity index (χ4n) is 1.66. The van der Waals surface area contributed by atoms with E-state index in [4.69, 9.17) is 4.74 Å². The molecule has 0 saturated heterocycles. The second-order valence-corrected chi connectivity index (χ2v) is 3.78. The van der Waals surface area contributed by atoms with Crippen LogP contribution in [0.2, 0.25) is 0 Å². The predicted octanol–water partition coefficient (Wildman–Crippen LogP) is 1.08. The minimum Gasteiger partial charge on any atom is -0.382 e. The van der Waals surface area contributed by atoms with Crippen molar-refractivity contribution in [2.75, 3.05) is 25.1 Å². The van der Waals surface area contributed by atoms with E-state index in [9.17, 15) is 0 Å². The fraction of sp³-hybridized carbons (Fsp3) is 0.636. The normalized spacial score (nSPS) is 11.0. The molecule has 0 amide bonds. The average molecular weight is 250 g/mol. The van der Waals surface area contributed by atoms with Gasteiger partial charge in [0.2, 0.25) is 0 Å². The van der Waals surface area contributed by atoms with Gasteiger partial charge in [-0.15, -0.1) is 5.10 Å². The molecule has 0 aliphatic heterocycles. The summed E-state index contributed by atoms with van der Waals surface area (Å²) in [7, 11) is 0. The van der Waals surface area contributed by atoms with Crippen molar-refractivity contribution in [1.82, 2.24) is 25.0 Å². The Balaban J connectivity index is 2.02. The highest BCUT2D eigenvalue weighted by atomic mass is 16.5. The van der Waals surface area contributed by atoms with Crippen molar-refractivity contribution in [3.8, 4) is 0 Å². The summed E-state index contributed by atoms with van der Waals surface area (Å²) in [6.45, 7) is 7.04. The molecule has 0 saturated carbocycles. The van der Waals surface area contributed by atoms with Gasteiger partial charge in [0, 0.05) is 26.3 Å². The largest absolute Gasteiger partial charge is 0.382 e. The molecule has 2 rings (SSSR count). The minimum atomic E-state index is 0.718. The number of rotatable bonds is 7. The number of ether oxygens (including phenoxy) is 1. The molecular formula is C11H18N6O. The standard InChI is InChI=1S/C11H18N6O/c1-3-17-11-9(15-16-17)10(13-8-14-11)12-6-5-7-18-4-2/h8H,3-7H2,1-2H3,(H,12,13,14). The van der Waals surface area contributed by atoms with Crippen molar-refractivity contribution in [3.05, 3.63) is 6.33 Å². The number of aryl methyl sites for hydroxylation is 1.